The molecule has 0 radical (unpaired) electrons. The van der Waals surface area contributed by atoms with Crippen LogP contribution < -0.4 is 21.1 Å². The summed E-state index contributed by atoms with van der Waals surface area (Å²) in [6.07, 6.45) is 2.00. The molecule has 7 nitrogen and oxygen atoms in total. The molecule has 0 bridgehead atoms. The Morgan fingerprint density at radius 1 is 1.15 bits per heavy atom. The number of hydrogen-bond acceptors (Lipinski definition) is 4. The number of hydrazine groups is 1. The van der Waals surface area contributed by atoms with Gasteiger partial charge in [-0.2, -0.15) is 0 Å². The zero-order valence-electron chi connectivity index (χ0n) is 15.9. The first-order valence-corrected chi connectivity index (χ1v) is 8.91. The zero-order chi connectivity index (χ0) is 19.3. The van der Waals surface area contributed by atoms with Crippen molar-refractivity contribution in [3.8, 4) is 0 Å². The lowest BCUT2D eigenvalue weighted by molar-refractivity contribution is -0.134. The summed E-state index contributed by atoms with van der Waals surface area (Å²) in [5.41, 5.74) is 6.50. The number of hydrogen-bond donors (Lipinski definition) is 3. The minimum absolute atomic E-state index is 0.167. The molecule has 0 fully saturated rings. The Kier molecular flexibility index (Phi) is 6.23. The molecule has 142 valence electrons. The van der Waals surface area contributed by atoms with Gasteiger partial charge in [0.25, 0.3) is 11.8 Å². The molecule has 1 aromatic carbocycles. The highest BCUT2D eigenvalue weighted by Crippen LogP contribution is 2.26. The number of anilines is 1. The Labute approximate surface area is 154 Å². The molecule has 0 aliphatic carbocycles. The maximum atomic E-state index is 12.2. The topological polar surface area (TPSA) is 90.5 Å². The van der Waals surface area contributed by atoms with Crippen molar-refractivity contribution in [3.63, 3.8) is 0 Å². The molecule has 0 saturated carbocycles. The van der Waals surface area contributed by atoms with Gasteiger partial charge in [-0.05, 0) is 31.4 Å². The Balaban J connectivity index is 1.82. The lowest BCUT2D eigenvalue weighted by atomic mass is 9.95. The van der Waals surface area contributed by atoms with Gasteiger partial charge in [-0.25, -0.2) is 0 Å². The van der Waals surface area contributed by atoms with Crippen molar-refractivity contribution in [1.82, 2.24) is 16.2 Å². The molecule has 1 atom stereocenters. The van der Waals surface area contributed by atoms with E-state index in [9.17, 15) is 14.4 Å². The molecule has 7 heteroatoms. The van der Waals surface area contributed by atoms with Gasteiger partial charge >= 0.3 is 0 Å². The van der Waals surface area contributed by atoms with Crippen LogP contribution in [0.25, 0.3) is 0 Å². The van der Waals surface area contributed by atoms with Crippen molar-refractivity contribution >= 4 is 23.4 Å². The van der Waals surface area contributed by atoms with Crippen molar-refractivity contribution in [2.45, 2.75) is 46.6 Å². The number of nitrogens with one attached hydrogen (secondary N) is 3. The summed E-state index contributed by atoms with van der Waals surface area (Å²) in [4.78, 5) is 38.1. The second-order valence-corrected chi connectivity index (χ2v) is 7.64. The van der Waals surface area contributed by atoms with Gasteiger partial charge < -0.3 is 10.2 Å². The van der Waals surface area contributed by atoms with Crippen molar-refractivity contribution < 1.29 is 14.4 Å². The van der Waals surface area contributed by atoms with Crippen LogP contribution in [-0.2, 0) is 20.8 Å². The maximum Gasteiger partial charge on any atom is 0.260 e. The average molecular weight is 360 g/mol. The van der Waals surface area contributed by atoms with E-state index in [0.717, 1.165) is 25.1 Å². The van der Waals surface area contributed by atoms with E-state index in [4.69, 9.17) is 0 Å². The molecule has 1 aromatic rings. The molecule has 26 heavy (non-hydrogen) atoms. The van der Waals surface area contributed by atoms with Gasteiger partial charge in [0.2, 0.25) is 5.91 Å². The number of fused-ring (bicyclic) bond motifs is 1. The van der Waals surface area contributed by atoms with E-state index in [1.54, 1.807) is 27.7 Å². The Morgan fingerprint density at radius 2 is 1.85 bits per heavy atom. The van der Waals surface area contributed by atoms with Gasteiger partial charge in [0.15, 0.2) is 0 Å². The quantitative estimate of drug-likeness (QED) is 0.702. The summed E-state index contributed by atoms with van der Waals surface area (Å²) < 4.78 is 0. The van der Waals surface area contributed by atoms with E-state index in [1.807, 2.05) is 23.1 Å². The summed E-state index contributed by atoms with van der Waals surface area (Å²) in [5.74, 6) is -0.990. The first-order valence-electron chi connectivity index (χ1n) is 8.91. The molecule has 3 N–H and O–H groups in total. The first-order chi connectivity index (χ1) is 12.2. The molecule has 1 aliphatic heterocycles. The van der Waals surface area contributed by atoms with Crippen LogP contribution in [-0.4, -0.2) is 36.9 Å². The summed E-state index contributed by atoms with van der Waals surface area (Å²) >= 11 is 0. The van der Waals surface area contributed by atoms with Crippen LogP contribution in [0.1, 0.15) is 39.7 Å². The molecule has 1 aliphatic rings. The fourth-order valence-electron chi connectivity index (χ4n) is 2.71. The normalized spacial score (nSPS) is 14.8. The number of aryl methyl sites for hydroxylation is 1. The fourth-order valence-corrected chi connectivity index (χ4v) is 2.71. The standard InChI is InChI=1S/C19H28N4O3/c1-13(20-18(26)19(2,3)4)17(25)22-21-16(24)12-23-11-7-9-14-8-5-6-10-15(14)23/h5-6,8,10,13H,7,9,11-12H2,1-4H3,(H,20,26)(H,21,24)(H,22,25). The monoisotopic (exact) mass is 360 g/mol. The van der Waals surface area contributed by atoms with Gasteiger partial charge in [-0.3, -0.25) is 25.2 Å². The molecule has 0 spiro atoms. The van der Waals surface area contributed by atoms with Gasteiger partial charge in [0.05, 0.1) is 6.54 Å². The third kappa shape index (κ3) is 5.21. The van der Waals surface area contributed by atoms with Gasteiger partial charge in [-0.15, -0.1) is 0 Å². The van der Waals surface area contributed by atoms with Crippen molar-refractivity contribution in [2.24, 2.45) is 5.41 Å². The molecular weight excluding hydrogens is 332 g/mol. The van der Waals surface area contributed by atoms with Crippen LogP contribution >= 0.6 is 0 Å². The number of carbonyl (C=O) groups excluding carboxylic acids is 3. The van der Waals surface area contributed by atoms with E-state index >= 15 is 0 Å². The molecule has 0 aromatic heterocycles. The van der Waals surface area contributed by atoms with Crippen molar-refractivity contribution in [3.05, 3.63) is 29.8 Å². The Morgan fingerprint density at radius 3 is 2.54 bits per heavy atom. The fraction of sp³-hybridized carbons (Fsp3) is 0.526. The van der Waals surface area contributed by atoms with Gasteiger partial charge in [0, 0.05) is 17.6 Å². The second-order valence-electron chi connectivity index (χ2n) is 7.64. The first kappa shape index (κ1) is 19.8. The number of rotatable bonds is 4. The lowest BCUT2D eigenvalue weighted by Gasteiger charge is -2.30. The zero-order valence-corrected chi connectivity index (χ0v) is 15.9. The number of benzene rings is 1. The van der Waals surface area contributed by atoms with E-state index < -0.39 is 17.4 Å². The second kappa shape index (κ2) is 8.21. The SMILES string of the molecule is CC(NC(=O)C(C)(C)C)C(=O)NNC(=O)CN1CCCc2ccccc21. The van der Waals surface area contributed by atoms with E-state index in [2.05, 4.69) is 22.2 Å². The van der Waals surface area contributed by atoms with Crippen molar-refractivity contribution in [1.29, 1.82) is 0 Å². The predicted molar refractivity (Wildman–Crippen MR) is 100 cm³/mol. The predicted octanol–water partition coefficient (Wildman–Crippen LogP) is 1.14. The van der Waals surface area contributed by atoms with E-state index in [1.165, 1.54) is 5.56 Å². The Bertz CT molecular complexity index is 682. The average Bonchev–Trinajstić information content (AvgIpc) is 2.59. The summed E-state index contributed by atoms with van der Waals surface area (Å²) in [7, 11) is 0. The molecule has 3 amide bonds. The molecule has 0 saturated heterocycles. The smallest absolute Gasteiger partial charge is 0.260 e. The third-order valence-corrected chi connectivity index (χ3v) is 4.29. The highest BCUT2D eigenvalue weighted by molar-refractivity contribution is 5.91. The third-order valence-electron chi connectivity index (χ3n) is 4.29. The highest BCUT2D eigenvalue weighted by atomic mass is 16.2. The van der Waals surface area contributed by atoms with E-state index in [-0.39, 0.29) is 18.4 Å². The summed E-state index contributed by atoms with van der Waals surface area (Å²) in [5, 5.41) is 2.63. The molecular formula is C19H28N4O3. The highest BCUT2D eigenvalue weighted by Gasteiger charge is 2.25. The van der Waals surface area contributed by atoms with Crippen LogP contribution in [0.5, 0.6) is 0 Å². The number of para-hydroxylation sites is 1. The van der Waals surface area contributed by atoms with Crippen LogP contribution in [0.15, 0.2) is 24.3 Å². The minimum atomic E-state index is -0.738. The number of carbonyl (C=O) groups is 3. The maximum absolute atomic E-state index is 12.2. The lowest BCUT2D eigenvalue weighted by Crippen LogP contribution is -2.54. The van der Waals surface area contributed by atoms with Crippen LogP contribution in [0.4, 0.5) is 5.69 Å². The van der Waals surface area contributed by atoms with Crippen LogP contribution in [0.2, 0.25) is 0 Å². The molecule has 1 heterocycles. The minimum Gasteiger partial charge on any atom is -0.362 e. The largest absolute Gasteiger partial charge is 0.362 e. The van der Waals surface area contributed by atoms with Gasteiger partial charge in [0.1, 0.15) is 6.04 Å². The molecule has 1 unspecified atom stereocenters. The Hall–Kier alpha value is -2.57. The van der Waals surface area contributed by atoms with Crippen LogP contribution in [0.3, 0.4) is 0 Å². The molecule has 2 rings (SSSR count). The van der Waals surface area contributed by atoms with E-state index in [0.29, 0.717) is 0 Å². The van der Waals surface area contributed by atoms with Crippen LogP contribution in [0, 0.1) is 5.41 Å². The summed E-state index contributed by atoms with van der Waals surface area (Å²) in [6, 6.07) is 7.29. The summed E-state index contributed by atoms with van der Waals surface area (Å²) in [6.45, 7) is 7.85. The van der Waals surface area contributed by atoms with Crippen molar-refractivity contribution in [2.75, 3.05) is 18.0 Å². The number of nitrogens with zero attached hydrogens (tertiary/aromatic N) is 1. The van der Waals surface area contributed by atoms with Gasteiger partial charge in [-0.1, -0.05) is 39.0 Å². The number of amides is 3.